The maximum absolute atomic E-state index is 2.99. The van der Waals surface area contributed by atoms with E-state index in [4.69, 9.17) is 0 Å². The number of halogens is 2. The molecular weight excluding hydrogens is 483 g/mol. The van der Waals surface area contributed by atoms with Gasteiger partial charge in [-0.15, -0.1) is 45.3 Å². The summed E-state index contributed by atoms with van der Waals surface area (Å²) in [6, 6.07) is 16.1. The predicted molar refractivity (Wildman–Crippen MR) is 113 cm³/mol. The Kier molecular flexibility index (Phi) is 8.25. The third-order valence-corrected chi connectivity index (χ3v) is 24.1. The summed E-state index contributed by atoms with van der Waals surface area (Å²) in [7, 11) is -2.31. The van der Waals surface area contributed by atoms with Crippen molar-refractivity contribution in [3.05, 3.63) is 66.8 Å². The smallest absolute Gasteiger partial charge is 1.00 e. The zero-order valence-corrected chi connectivity index (χ0v) is 22.2. The van der Waals surface area contributed by atoms with Crippen LogP contribution in [0.5, 0.6) is 0 Å². The summed E-state index contributed by atoms with van der Waals surface area (Å²) in [5, 5.41) is 9.35. The molecule has 0 saturated carbocycles. The number of allylic oxidation sites excluding steroid dienone is 4. The van der Waals surface area contributed by atoms with Crippen molar-refractivity contribution in [1.29, 1.82) is 0 Å². The molecule has 0 amide bonds. The van der Waals surface area contributed by atoms with Gasteiger partial charge in [-0.3, -0.25) is 6.08 Å². The summed E-state index contributed by atoms with van der Waals surface area (Å²) < 4.78 is 0. The van der Waals surface area contributed by atoms with Gasteiger partial charge in [0.2, 0.25) is 0 Å². The van der Waals surface area contributed by atoms with Gasteiger partial charge >= 0.3 is 26.2 Å². The molecule has 0 fully saturated rings. The molecule has 5 heteroatoms. The van der Waals surface area contributed by atoms with Crippen molar-refractivity contribution in [3.63, 3.8) is 0 Å². The van der Waals surface area contributed by atoms with E-state index in [1.54, 1.807) is 15.8 Å². The quantitative estimate of drug-likeness (QED) is 0.270. The second kappa shape index (κ2) is 9.01. The van der Waals surface area contributed by atoms with Crippen molar-refractivity contribution in [2.75, 3.05) is 0 Å². The third-order valence-electron chi connectivity index (χ3n) is 6.24. The molecule has 1 aliphatic heterocycles. The Labute approximate surface area is 196 Å². The van der Waals surface area contributed by atoms with Crippen LogP contribution in [0.25, 0.3) is 21.5 Å². The molecule has 0 saturated heterocycles. The molecule has 27 heavy (non-hydrogen) atoms. The minimum absolute atomic E-state index is 0. The molecule has 5 rings (SSSR count). The second-order valence-corrected chi connectivity index (χ2v) is 23.0. The van der Waals surface area contributed by atoms with Gasteiger partial charge in [-0.25, -0.2) is 12.2 Å². The zero-order chi connectivity index (χ0) is 16.9. The SMILES string of the molecule is C[Si]1(C)c2ccc3c([cH-]c4ccccc43)c2[Si]1(C)C.[C-]1=CC=CC1.[Cl-].[Cl-].[Zr+4]. The van der Waals surface area contributed by atoms with Crippen molar-refractivity contribution in [2.45, 2.75) is 32.6 Å². The van der Waals surface area contributed by atoms with Gasteiger partial charge in [-0.1, -0.05) is 61.7 Å². The minimum Gasteiger partial charge on any atom is -1.00 e. The van der Waals surface area contributed by atoms with Gasteiger partial charge in [0.05, 0.1) is 7.59 Å². The Hall–Kier alpha value is -0.313. The van der Waals surface area contributed by atoms with Gasteiger partial charge in [-0.2, -0.15) is 6.08 Å². The first-order chi connectivity index (χ1) is 11.4. The van der Waals surface area contributed by atoms with Gasteiger partial charge in [-0.05, 0) is 0 Å². The molecule has 0 radical (unpaired) electrons. The van der Waals surface area contributed by atoms with E-state index in [9.17, 15) is 0 Å². The van der Waals surface area contributed by atoms with E-state index in [1.165, 1.54) is 16.2 Å². The van der Waals surface area contributed by atoms with Crippen LogP contribution in [-0.4, -0.2) is 15.2 Å². The van der Waals surface area contributed by atoms with Crippen molar-refractivity contribution in [1.82, 2.24) is 0 Å². The predicted octanol–water partition coefficient (Wildman–Crippen LogP) is -1.05. The summed E-state index contributed by atoms with van der Waals surface area (Å²) in [5.41, 5.74) is 0. The topological polar surface area (TPSA) is 0 Å². The van der Waals surface area contributed by atoms with E-state index in [2.05, 4.69) is 80.8 Å². The normalized spacial score (nSPS) is 16.9. The fourth-order valence-corrected chi connectivity index (χ4v) is 14.7. The standard InChI is InChI=1S/C17H19Si2.C5H5.2ClH.Zr/c1-18(2)16-10-9-14-13-8-6-5-7-12(13)11-15(14)17(16)19(18,3)4;1-2-4-5-3-1;;;/h5-11H,1-4H3;1-3H,4H2;2*1H;/q2*-1;;;+4/p-2. The van der Waals surface area contributed by atoms with Crippen molar-refractivity contribution >= 4 is 47.1 Å². The van der Waals surface area contributed by atoms with Gasteiger partial charge in [0, 0.05) is 7.59 Å². The molecule has 0 aromatic heterocycles. The number of fused-ring (bicyclic) bond motifs is 5. The Balaban J connectivity index is 0.000000402. The van der Waals surface area contributed by atoms with Crippen LogP contribution in [0.15, 0.2) is 60.7 Å². The molecule has 0 atom stereocenters. The largest absolute Gasteiger partial charge is 4.00 e. The van der Waals surface area contributed by atoms with Gasteiger partial charge in [0.25, 0.3) is 0 Å². The average Bonchev–Trinajstić information content (AvgIpc) is 3.24. The van der Waals surface area contributed by atoms with Gasteiger partial charge in [0.15, 0.2) is 0 Å². The molecule has 2 aliphatic rings. The molecular formula is C22H24Cl2Si2Zr. The van der Waals surface area contributed by atoms with Gasteiger partial charge < -0.3 is 24.8 Å². The number of hydrogen-bond acceptors (Lipinski definition) is 0. The molecule has 1 heterocycles. The summed E-state index contributed by atoms with van der Waals surface area (Å²) in [4.78, 5) is 0. The molecule has 3 aromatic carbocycles. The van der Waals surface area contributed by atoms with Gasteiger partial charge in [0.1, 0.15) is 0 Å². The van der Waals surface area contributed by atoms with Crippen molar-refractivity contribution in [2.24, 2.45) is 0 Å². The molecule has 138 valence electrons. The van der Waals surface area contributed by atoms with Crippen LogP contribution in [0.3, 0.4) is 0 Å². The summed E-state index contributed by atoms with van der Waals surface area (Å²) in [6.07, 6.45) is 10.0. The Morgan fingerprint density at radius 2 is 1.59 bits per heavy atom. The monoisotopic (exact) mass is 504 g/mol. The fraction of sp³-hybridized carbons (Fsp3) is 0.227. The summed E-state index contributed by atoms with van der Waals surface area (Å²) in [6.45, 7) is 10.3. The van der Waals surface area contributed by atoms with E-state index < -0.39 is 15.2 Å². The van der Waals surface area contributed by atoms with Crippen molar-refractivity contribution in [3.8, 4) is 0 Å². The maximum atomic E-state index is 2.99. The number of rotatable bonds is 0. The van der Waals surface area contributed by atoms with Crippen LogP contribution in [0, 0.1) is 6.08 Å². The molecule has 0 N–H and O–H groups in total. The number of benzene rings is 2. The van der Waals surface area contributed by atoms with Crippen molar-refractivity contribution < 1.29 is 51.0 Å². The first kappa shape index (κ1) is 24.7. The Bertz CT molecular complexity index is 990. The molecule has 0 nitrogen and oxygen atoms in total. The van der Waals surface area contributed by atoms with E-state index in [0.29, 0.717) is 0 Å². The fourth-order valence-electron chi connectivity index (χ4n) is 4.15. The van der Waals surface area contributed by atoms with Crippen LogP contribution in [-0.2, 0) is 26.2 Å². The summed E-state index contributed by atoms with van der Waals surface area (Å²) in [5.74, 6) is 0. The minimum atomic E-state index is -1.19. The van der Waals surface area contributed by atoms with Crippen LogP contribution in [0.2, 0.25) is 26.2 Å². The van der Waals surface area contributed by atoms with E-state index >= 15 is 0 Å². The zero-order valence-electron chi connectivity index (χ0n) is 16.2. The Morgan fingerprint density at radius 1 is 0.889 bits per heavy atom. The van der Waals surface area contributed by atoms with E-state index in [-0.39, 0.29) is 51.0 Å². The molecule has 3 aromatic rings. The summed E-state index contributed by atoms with van der Waals surface area (Å²) >= 11 is 0. The van der Waals surface area contributed by atoms with Crippen LogP contribution >= 0.6 is 0 Å². The maximum Gasteiger partial charge on any atom is 4.00 e. The first-order valence-corrected chi connectivity index (χ1v) is 15.8. The second-order valence-electron chi connectivity index (χ2n) is 7.93. The van der Waals surface area contributed by atoms with E-state index in [1.807, 2.05) is 12.2 Å². The third kappa shape index (κ3) is 3.79. The van der Waals surface area contributed by atoms with Crippen LogP contribution in [0.1, 0.15) is 6.42 Å². The van der Waals surface area contributed by atoms with Crippen LogP contribution < -0.4 is 35.2 Å². The average molecular weight is 507 g/mol. The van der Waals surface area contributed by atoms with E-state index in [0.717, 1.165) is 6.42 Å². The molecule has 1 aliphatic carbocycles. The molecule has 0 spiro atoms. The Morgan fingerprint density at radius 3 is 2.19 bits per heavy atom. The number of hydrogen-bond donors (Lipinski definition) is 0. The van der Waals surface area contributed by atoms with Crippen LogP contribution in [0.4, 0.5) is 0 Å². The molecule has 0 unspecified atom stereocenters. The first-order valence-electron chi connectivity index (χ1n) is 8.78. The molecule has 0 bridgehead atoms.